The van der Waals surface area contributed by atoms with Gasteiger partial charge in [0.05, 0.1) is 5.69 Å². The molecule has 1 saturated carbocycles. The number of thiophene rings is 1. The molecule has 0 radical (unpaired) electrons. The molecule has 1 nitrogen and oxygen atoms in total. The van der Waals surface area contributed by atoms with Gasteiger partial charge >= 0.3 is 0 Å². The van der Waals surface area contributed by atoms with Gasteiger partial charge < -0.3 is 0 Å². The number of fused-ring (bicyclic) bond motifs is 5. The van der Waals surface area contributed by atoms with Crippen LogP contribution in [0.3, 0.4) is 0 Å². The summed E-state index contributed by atoms with van der Waals surface area (Å²) in [4.78, 5) is 4.85. The van der Waals surface area contributed by atoms with E-state index in [1.807, 2.05) is 11.3 Å². The van der Waals surface area contributed by atoms with Gasteiger partial charge in [-0.25, -0.2) is 0 Å². The van der Waals surface area contributed by atoms with Gasteiger partial charge in [0.25, 0.3) is 0 Å². The molecule has 3 aliphatic carbocycles. The topological polar surface area (TPSA) is 12.9 Å². The van der Waals surface area contributed by atoms with Crippen LogP contribution >= 0.6 is 11.3 Å². The molecule has 2 heterocycles. The molecular formula is C23H19NS. The van der Waals surface area contributed by atoms with E-state index >= 15 is 0 Å². The van der Waals surface area contributed by atoms with E-state index in [9.17, 15) is 0 Å². The molecule has 2 aromatic heterocycles. The molecule has 0 amide bonds. The number of pyridine rings is 1. The monoisotopic (exact) mass is 341 g/mol. The van der Waals surface area contributed by atoms with Crippen LogP contribution in [-0.2, 0) is 0 Å². The minimum atomic E-state index is 0.770. The molecule has 7 rings (SSSR count). The summed E-state index contributed by atoms with van der Waals surface area (Å²) in [6.07, 6.45) is 7.65. The Morgan fingerprint density at radius 2 is 1.52 bits per heavy atom. The predicted molar refractivity (Wildman–Crippen MR) is 107 cm³/mol. The molecule has 4 aromatic rings. The summed E-state index contributed by atoms with van der Waals surface area (Å²) in [7, 11) is 0. The summed E-state index contributed by atoms with van der Waals surface area (Å²) in [5.41, 5.74) is 5.52. The summed E-state index contributed by atoms with van der Waals surface area (Å²) >= 11 is 1.88. The molecule has 0 aliphatic heterocycles. The Labute approximate surface area is 151 Å². The summed E-state index contributed by atoms with van der Waals surface area (Å²) in [5.74, 6) is 1.54. The maximum Gasteiger partial charge on any atom is 0.0705 e. The first-order chi connectivity index (χ1) is 12.4. The van der Waals surface area contributed by atoms with Crippen molar-refractivity contribution in [3.05, 3.63) is 65.9 Å². The quantitative estimate of drug-likeness (QED) is 0.368. The van der Waals surface area contributed by atoms with Crippen LogP contribution in [0.2, 0.25) is 0 Å². The zero-order chi connectivity index (χ0) is 16.4. The van der Waals surface area contributed by atoms with Crippen molar-refractivity contribution >= 4 is 31.5 Å². The van der Waals surface area contributed by atoms with Crippen molar-refractivity contribution in [1.29, 1.82) is 0 Å². The van der Waals surface area contributed by atoms with Crippen LogP contribution in [0.1, 0.15) is 48.6 Å². The highest BCUT2D eigenvalue weighted by molar-refractivity contribution is 7.25. The molecule has 0 unspecified atom stereocenters. The van der Waals surface area contributed by atoms with Crippen LogP contribution in [0.15, 0.2) is 54.7 Å². The fraction of sp³-hybridized carbons (Fsp3) is 0.261. The van der Waals surface area contributed by atoms with Crippen LogP contribution in [0.5, 0.6) is 0 Å². The first kappa shape index (κ1) is 14.0. The first-order valence-corrected chi connectivity index (χ1v) is 10.1. The molecule has 1 fully saturated rings. The van der Waals surface area contributed by atoms with Crippen molar-refractivity contribution in [3.8, 4) is 11.3 Å². The highest BCUT2D eigenvalue weighted by Crippen LogP contribution is 2.49. The van der Waals surface area contributed by atoms with E-state index < -0.39 is 0 Å². The second-order valence-electron chi connectivity index (χ2n) is 7.56. The van der Waals surface area contributed by atoms with Gasteiger partial charge in [0.1, 0.15) is 0 Å². The van der Waals surface area contributed by atoms with E-state index in [0.29, 0.717) is 0 Å². The number of benzene rings is 2. The van der Waals surface area contributed by atoms with Gasteiger partial charge in [-0.15, -0.1) is 11.3 Å². The second-order valence-corrected chi connectivity index (χ2v) is 8.64. The maximum absolute atomic E-state index is 4.85. The van der Waals surface area contributed by atoms with E-state index in [4.69, 9.17) is 4.98 Å². The largest absolute Gasteiger partial charge is 0.256 e. The minimum Gasteiger partial charge on any atom is -0.256 e. The summed E-state index contributed by atoms with van der Waals surface area (Å²) in [5, 5.41) is 2.73. The molecule has 3 aliphatic rings. The van der Waals surface area contributed by atoms with Crippen LogP contribution in [0, 0.1) is 0 Å². The molecule has 2 heteroatoms. The average molecular weight is 341 g/mol. The molecular weight excluding hydrogens is 322 g/mol. The molecule has 0 saturated heterocycles. The first-order valence-electron chi connectivity index (χ1n) is 9.28. The molecule has 0 atom stereocenters. The van der Waals surface area contributed by atoms with Crippen LogP contribution in [0.25, 0.3) is 31.4 Å². The molecule has 122 valence electrons. The Morgan fingerprint density at radius 3 is 2.40 bits per heavy atom. The Bertz CT molecular complexity index is 1120. The van der Waals surface area contributed by atoms with Crippen molar-refractivity contribution in [3.63, 3.8) is 0 Å². The van der Waals surface area contributed by atoms with Gasteiger partial charge in [-0.1, -0.05) is 30.3 Å². The lowest BCUT2D eigenvalue weighted by molar-refractivity contribution is 0.358. The van der Waals surface area contributed by atoms with Crippen molar-refractivity contribution in [1.82, 2.24) is 4.98 Å². The number of hydrogen-bond acceptors (Lipinski definition) is 2. The van der Waals surface area contributed by atoms with Gasteiger partial charge in [-0.2, -0.15) is 0 Å². The van der Waals surface area contributed by atoms with Crippen molar-refractivity contribution < 1.29 is 0 Å². The summed E-state index contributed by atoms with van der Waals surface area (Å²) in [6.45, 7) is 0. The molecule has 2 bridgehead atoms. The number of nitrogens with zero attached hydrogens (tertiary/aromatic N) is 1. The number of rotatable bonds is 1. The molecule has 2 aromatic carbocycles. The van der Waals surface area contributed by atoms with Gasteiger partial charge in [0.15, 0.2) is 0 Å². The van der Waals surface area contributed by atoms with E-state index in [2.05, 4.69) is 54.7 Å². The lowest BCUT2D eigenvalue weighted by Crippen LogP contribution is -2.21. The third-order valence-corrected chi connectivity index (χ3v) is 7.38. The maximum atomic E-state index is 4.85. The minimum absolute atomic E-state index is 0.770. The van der Waals surface area contributed by atoms with Gasteiger partial charge in [-0.3, -0.25) is 4.98 Å². The normalized spacial score (nSPS) is 21.8. The zero-order valence-electron chi connectivity index (χ0n) is 14.0. The Morgan fingerprint density at radius 1 is 0.760 bits per heavy atom. The standard InChI is InChI=1S/C23H19NS/c1-2-4-22-17(3-1)18-10-9-16(11-23(18)25-22)21-12-19-14-5-7-15(8-6-14)20(19)13-24-21/h1-4,9-15H,5-8H2. The Balaban J connectivity index is 1.51. The van der Waals surface area contributed by atoms with E-state index in [1.54, 1.807) is 5.56 Å². The van der Waals surface area contributed by atoms with E-state index in [1.165, 1.54) is 57.0 Å². The van der Waals surface area contributed by atoms with Crippen LogP contribution < -0.4 is 0 Å². The van der Waals surface area contributed by atoms with Crippen LogP contribution in [-0.4, -0.2) is 4.98 Å². The van der Waals surface area contributed by atoms with Gasteiger partial charge in [0, 0.05) is 31.9 Å². The summed E-state index contributed by atoms with van der Waals surface area (Å²) < 4.78 is 2.73. The van der Waals surface area contributed by atoms with E-state index in [0.717, 1.165) is 17.5 Å². The second kappa shape index (κ2) is 5.15. The van der Waals surface area contributed by atoms with Crippen molar-refractivity contribution in [2.45, 2.75) is 37.5 Å². The third kappa shape index (κ3) is 2.04. The lowest BCUT2D eigenvalue weighted by Gasteiger charge is -2.38. The molecule has 25 heavy (non-hydrogen) atoms. The molecule has 0 N–H and O–H groups in total. The number of aromatic nitrogens is 1. The smallest absolute Gasteiger partial charge is 0.0705 e. The fourth-order valence-electron chi connectivity index (χ4n) is 4.93. The van der Waals surface area contributed by atoms with Gasteiger partial charge in [0.2, 0.25) is 0 Å². The van der Waals surface area contributed by atoms with E-state index in [-0.39, 0.29) is 0 Å². The Kier molecular flexibility index (Phi) is 2.89. The van der Waals surface area contributed by atoms with Crippen molar-refractivity contribution in [2.75, 3.05) is 0 Å². The third-order valence-electron chi connectivity index (χ3n) is 6.25. The zero-order valence-corrected chi connectivity index (χ0v) is 14.9. The fourth-order valence-corrected chi connectivity index (χ4v) is 6.08. The molecule has 0 spiro atoms. The Hall–Kier alpha value is -2.19. The van der Waals surface area contributed by atoms with Gasteiger partial charge in [-0.05, 0) is 66.8 Å². The highest BCUT2D eigenvalue weighted by atomic mass is 32.1. The SMILES string of the molecule is c1ccc2c(c1)sc1cc(-c3cc4c(cn3)C3CCC4CC3)ccc12. The highest BCUT2D eigenvalue weighted by Gasteiger charge is 2.33. The summed E-state index contributed by atoms with van der Waals surface area (Å²) in [6, 6.07) is 17.9. The number of hydrogen-bond donors (Lipinski definition) is 0. The predicted octanol–water partition coefficient (Wildman–Crippen LogP) is 6.87. The van der Waals surface area contributed by atoms with Crippen LogP contribution in [0.4, 0.5) is 0 Å². The lowest BCUT2D eigenvalue weighted by atomic mass is 9.67. The average Bonchev–Trinajstić information content (AvgIpc) is 3.06. The van der Waals surface area contributed by atoms with Crippen molar-refractivity contribution in [2.24, 2.45) is 0 Å².